The van der Waals surface area contributed by atoms with E-state index in [-0.39, 0.29) is 18.2 Å². The lowest BCUT2D eigenvalue weighted by Gasteiger charge is -2.12. The van der Waals surface area contributed by atoms with E-state index in [0.717, 1.165) is 16.3 Å². The first-order chi connectivity index (χ1) is 7.74. The van der Waals surface area contributed by atoms with E-state index in [4.69, 9.17) is 11.0 Å². The van der Waals surface area contributed by atoms with Crippen LogP contribution in [0, 0.1) is 11.3 Å². The largest absolute Gasteiger partial charge is 0.507 e. The molecule has 3 N–H and O–H groups in total. The molecule has 0 saturated carbocycles. The Morgan fingerprint density at radius 1 is 1.19 bits per heavy atom. The summed E-state index contributed by atoms with van der Waals surface area (Å²) in [5.74, 6) is 0.239. The normalized spacial score (nSPS) is 12.2. The summed E-state index contributed by atoms with van der Waals surface area (Å²) in [4.78, 5) is 0. The van der Waals surface area contributed by atoms with Gasteiger partial charge in [-0.2, -0.15) is 5.26 Å². The highest BCUT2D eigenvalue weighted by atomic mass is 16.3. The Bertz CT molecular complexity index is 557. The van der Waals surface area contributed by atoms with Crippen LogP contribution in [0.4, 0.5) is 0 Å². The van der Waals surface area contributed by atoms with Gasteiger partial charge in [-0.3, -0.25) is 0 Å². The number of fused-ring (bicyclic) bond motifs is 1. The third-order valence-electron chi connectivity index (χ3n) is 2.65. The van der Waals surface area contributed by atoms with Crippen molar-refractivity contribution in [2.45, 2.75) is 12.5 Å². The SMILES string of the molecule is N#CC[C@@H](N)c1ccc(O)c2ccccc12. The molecule has 0 radical (unpaired) electrons. The lowest BCUT2D eigenvalue weighted by atomic mass is 9.97. The molecule has 0 spiro atoms. The number of nitriles is 1. The molecule has 0 aliphatic rings. The average Bonchev–Trinajstić information content (AvgIpc) is 2.30. The molecule has 0 bridgehead atoms. The van der Waals surface area contributed by atoms with Gasteiger partial charge in [0.25, 0.3) is 0 Å². The van der Waals surface area contributed by atoms with Crippen molar-refractivity contribution in [1.29, 1.82) is 5.26 Å². The maximum absolute atomic E-state index is 9.70. The Hall–Kier alpha value is -2.05. The topological polar surface area (TPSA) is 70.0 Å². The number of hydrogen-bond donors (Lipinski definition) is 2. The van der Waals surface area contributed by atoms with Crippen molar-refractivity contribution in [2.75, 3.05) is 0 Å². The first-order valence-electron chi connectivity index (χ1n) is 5.07. The minimum atomic E-state index is -0.310. The molecule has 0 aliphatic carbocycles. The molecule has 3 heteroatoms. The Morgan fingerprint density at radius 2 is 1.88 bits per heavy atom. The van der Waals surface area contributed by atoms with E-state index in [2.05, 4.69) is 6.07 Å². The molecule has 2 aromatic rings. The van der Waals surface area contributed by atoms with Crippen molar-refractivity contribution in [1.82, 2.24) is 0 Å². The highest BCUT2D eigenvalue weighted by molar-refractivity contribution is 5.91. The highest BCUT2D eigenvalue weighted by Crippen LogP contribution is 2.30. The van der Waals surface area contributed by atoms with Crippen LogP contribution in [0.5, 0.6) is 5.75 Å². The van der Waals surface area contributed by atoms with E-state index in [1.807, 2.05) is 24.3 Å². The van der Waals surface area contributed by atoms with Gasteiger partial charge >= 0.3 is 0 Å². The molecule has 0 aliphatic heterocycles. The van der Waals surface area contributed by atoms with Crippen molar-refractivity contribution < 1.29 is 5.11 Å². The summed E-state index contributed by atoms with van der Waals surface area (Å²) in [6, 6.07) is 12.6. The summed E-state index contributed by atoms with van der Waals surface area (Å²) in [7, 11) is 0. The summed E-state index contributed by atoms with van der Waals surface area (Å²) < 4.78 is 0. The van der Waals surface area contributed by atoms with Gasteiger partial charge < -0.3 is 10.8 Å². The second kappa shape index (κ2) is 4.21. The molecular weight excluding hydrogens is 200 g/mol. The van der Waals surface area contributed by atoms with Crippen LogP contribution in [-0.4, -0.2) is 5.11 Å². The van der Waals surface area contributed by atoms with Crippen LogP contribution >= 0.6 is 0 Å². The number of aromatic hydroxyl groups is 1. The van der Waals surface area contributed by atoms with Gasteiger partial charge in [-0.05, 0) is 17.0 Å². The summed E-state index contributed by atoms with van der Waals surface area (Å²) in [5.41, 5.74) is 6.82. The van der Waals surface area contributed by atoms with Crippen molar-refractivity contribution in [3.05, 3.63) is 42.0 Å². The molecule has 0 aromatic heterocycles. The molecule has 1 atom stereocenters. The van der Waals surface area contributed by atoms with E-state index in [1.165, 1.54) is 0 Å². The number of phenols is 1. The molecular formula is C13H12N2O. The standard InChI is InChI=1S/C13H12N2O/c14-8-7-12(15)10-5-6-13(16)11-4-2-1-3-9(10)11/h1-6,12,16H,7,15H2/t12-/m1/s1. The van der Waals surface area contributed by atoms with Crippen molar-refractivity contribution >= 4 is 10.8 Å². The maximum Gasteiger partial charge on any atom is 0.123 e. The van der Waals surface area contributed by atoms with E-state index in [1.54, 1.807) is 12.1 Å². The van der Waals surface area contributed by atoms with E-state index in [0.29, 0.717) is 0 Å². The van der Waals surface area contributed by atoms with Crippen LogP contribution in [0.3, 0.4) is 0 Å². The second-order valence-electron chi connectivity index (χ2n) is 3.69. The van der Waals surface area contributed by atoms with Gasteiger partial charge in [0.05, 0.1) is 12.5 Å². The fourth-order valence-corrected chi connectivity index (χ4v) is 1.84. The van der Waals surface area contributed by atoms with Crippen molar-refractivity contribution in [3.63, 3.8) is 0 Å². The van der Waals surface area contributed by atoms with Gasteiger partial charge in [0.2, 0.25) is 0 Å². The van der Waals surface area contributed by atoms with Gasteiger partial charge in [0, 0.05) is 11.4 Å². The predicted molar refractivity (Wildman–Crippen MR) is 62.8 cm³/mol. The number of rotatable bonds is 2. The third kappa shape index (κ3) is 1.71. The molecule has 16 heavy (non-hydrogen) atoms. The Labute approximate surface area is 93.7 Å². The Balaban J connectivity index is 2.63. The smallest absolute Gasteiger partial charge is 0.123 e. The summed E-state index contributed by atoms with van der Waals surface area (Å²) in [6.07, 6.45) is 0.273. The fourth-order valence-electron chi connectivity index (χ4n) is 1.84. The Morgan fingerprint density at radius 3 is 2.56 bits per heavy atom. The van der Waals surface area contributed by atoms with Gasteiger partial charge in [-0.15, -0.1) is 0 Å². The lowest BCUT2D eigenvalue weighted by molar-refractivity contribution is 0.481. The van der Waals surface area contributed by atoms with E-state index in [9.17, 15) is 5.11 Å². The maximum atomic E-state index is 9.70. The van der Waals surface area contributed by atoms with Crippen LogP contribution in [0.2, 0.25) is 0 Å². The quantitative estimate of drug-likeness (QED) is 0.803. The number of nitrogens with two attached hydrogens (primary N) is 1. The summed E-state index contributed by atoms with van der Waals surface area (Å²) in [5, 5.41) is 20.0. The van der Waals surface area contributed by atoms with E-state index >= 15 is 0 Å². The van der Waals surface area contributed by atoms with Gasteiger partial charge in [-0.1, -0.05) is 30.3 Å². The number of phenolic OH excluding ortho intramolecular Hbond substituents is 1. The molecule has 0 fully saturated rings. The van der Waals surface area contributed by atoms with Gasteiger partial charge in [0.1, 0.15) is 5.75 Å². The van der Waals surface area contributed by atoms with Crippen LogP contribution in [0.1, 0.15) is 18.0 Å². The molecule has 2 aromatic carbocycles. The molecule has 2 rings (SSSR count). The minimum absolute atomic E-state index is 0.239. The fraction of sp³-hybridized carbons (Fsp3) is 0.154. The number of hydrogen-bond acceptors (Lipinski definition) is 3. The highest BCUT2D eigenvalue weighted by Gasteiger charge is 2.10. The summed E-state index contributed by atoms with van der Waals surface area (Å²) in [6.45, 7) is 0. The average molecular weight is 212 g/mol. The summed E-state index contributed by atoms with van der Waals surface area (Å²) >= 11 is 0. The molecule has 0 unspecified atom stereocenters. The molecule has 0 heterocycles. The predicted octanol–water partition coefficient (Wildman–Crippen LogP) is 2.46. The third-order valence-corrected chi connectivity index (χ3v) is 2.65. The molecule has 0 amide bonds. The van der Waals surface area contributed by atoms with Crippen LogP contribution < -0.4 is 5.73 Å². The monoisotopic (exact) mass is 212 g/mol. The zero-order valence-electron chi connectivity index (χ0n) is 8.72. The first kappa shape index (κ1) is 10.5. The van der Waals surface area contributed by atoms with Crippen LogP contribution in [0.25, 0.3) is 10.8 Å². The Kier molecular flexibility index (Phi) is 2.76. The zero-order valence-corrected chi connectivity index (χ0v) is 8.72. The minimum Gasteiger partial charge on any atom is -0.507 e. The molecule has 3 nitrogen and oxygen atoms in total. The van der Waals surface area contributed by atoms with Gasteiger partial charge in [0.15, 0.2) is 0 Å². The lowest BCUT2D eigenvalue weighted by Crippen LogP contribution is -2.09. The zero-order chi connectivity index (χ0) is 11.5. The molecule has 0 saturated heterocycles. The van der Waals surface area contributed by atoms with E-state index < -0.39 is 0 Å². The van der Waals surface area contributed by atoms with Crippen molar-refractivity contribution in [3.8, 4) is 11.8 Å². The van der Waals surface area contributed by atoms with Gasteiger partial charge in [-0.25, -0.2) is 0 Å². The van der Waals surface area contributed by atoms with Crippen LogP contribution in [0.15, 0.2) is 36.4 Å². The number of nitrogens with zero attached hydrogens (tertiary/aromatic N) is 1. The first-order valence-corrected chi connectivity index (χ1v) is 5.07. The number of benzene rings is 2. The molecule has 80 valence electrons. The second-order valence-corrected chi connectivity index (χ2v) is 3.69. The van der Waals surface area contributed by atoms with Crippen LogP contribution in [-0.2, 0) is 0 Å². The van der Waals surface area contributed by atoms with Crippen molar-refractivity contribution in [2.24, 2.45) is 5.73 Å².